The van der Waals surface area contributed by atoms with Crippen molar-refractivity contribution >= 4 is 0 Å². The van der Waals surface area contributed by atoms with Crippen molar-refractivity contribution in [2.24, 2.45) is 0 Å². The van der Waals surface area contributed by atoms with Crippen LogP contribution in [0.2, 0.25) is 0 Å². The highest BCUT2D eigenvalue weighted by Gasteiger charge is 2.20. The van der Waals surface area contributed by atoms with Crippen molar-refractivity contribution in [1.29, 1.82) is 0 Å². The van der Waals surface area contributed by atoms with E-state index in [1.54, 1.807) is 43.4 Å². The second-order valence-corrected chi connectivity index (χ2v) is 4.16. The van der Waals surface area contributed by atoms with Crippen LogP contribution in [0.25, 0.3) is 0 Å². The molecule has 2 rings (SSSR count). The summed E-state index contributed by atoms with van der Waals surface area (Å²) in [6.45, 7) is -2.92. The van der Waals surface area contributed by atoms with Crippen LogP contribution in [-0.2, 0) is 0 Å². The minimum atomic E-state index is -2.92. The summed E-state index contributed by atoms with van der Waals surface area (Å²) in [4.78, 5) is 0. The normalized spacial score (nSPS) is 12.4. The van der Waals surface area contributed by atoms with Crippen LogP contribution in [0.3, 0.4) is 0 Å². The number of nitrogens with one attached hydrogen (secondary N) is 1. The molecule has 0 fully saturated rings. The molecule has 0 bridgehead atoms. The zero-order chi connectivity index (χ0) is 14.5. The Balaban J connectivity index is 2.45. The number of para-hydroxylation sites is 1. The van der Waals surface area contributed by atoms with Gasteiger partial charge in [0, 0.05) is 11.1 Å². The monoisotopic (exact) mass is 281 g/mol. The van der Waals surface area contributed by atoms with E-state index in [0.29, 0.717) is 11.1 Å². The van der Waals surface area contributed by atoms with Gasteiger partial charge in [0.15, 0.2) is 0 Å². The fourth-order valence-electron chi connectivity index (χ4n) is 2.11. The van der Waals surface area contributed by atoms with Gasteiger partial charge in [0.2, 0.25) is 0 Å². The van der Waals surface area contributed by atoms with Crippen LogP contribution in [0.1, 0.15) is 17.2 Å². The van der Waals surface area contributed by atoms with E-state index in [2.05, 4.69) is 10.1 Å². The van der Waals surface area contributed by atoms with Crippen molar-refractivity contribution in [3.63, 3.8) is 0 Å². The molecular formula is C15H14F3NO. The smallest absolute Gasteiger partial charge is 0.387 e. The predicted molar refractivity (Wildman–Crippen MR) is 70.4 cm³/mol. The van der Waals surface area contributed by atoms with Gasteiger partial charge in [-0.3, -0.25) is 0 Å². The first-order chi connectivity index (χ1) is 9.63. The van der Waals surface area contributed by atoms with Gasteiger partial charge in [-0.2, -0.15) is 8.78 Å². The Labute approximate surface area is 115 Å². The number of hydrogen-bond acceptors (Lipinski definition) is 2. The molecule has 1 unspecified atom stereocenters. The lowest BCUT2D eigenvalue weighted by Gasteiger charge is -2.20. The van der Waals surface area contributed by atoms with E-state index in [1.807, 2.05) is 0 Å². The number of halogens is 3. The van der Waals surface area contributed by atoms with Crippen LogP contribution in [0.5, 0.6) is 5.75 Å². The Morgan fingerprint density at radius 1 is 0.950 bits per heavy atom. The highest BCUT2D eigenvalue weighted by molar-refractivity contribution is 5.42. The van der Waals surface area contributed by atoms with Crippen LogP contribution in [0.4, 0.5) is 13.2 Å². The number of ether oxygens (including phenoxy) is 1. The first-order valence-electron chi connectivity index (χ1n) is 6.09. The van der Waals surface area contributed by atoms with Gasteiger partial charge in [0.1, 0.15) is 11.6 Å². The summed E-state index contributed by atoms with van der Waals surface area (Å²) >= 11 is 0. The van der Waals surface area contributed by atoms with Gasteiger partial charge in [-0.15, -0.1) is 0 Å². The van der Waals surface area contributed by atoms with E-state index in [-0.39, 0.29) is 5.75 Å². The lowest BCUT2D eigenvalue weighted by atomic mass is 9.97. The van der Waals surface area contributed by atoms with Crippen molar-refractivity contribution in [3.8, 4) is 5.75 Å². The summed E-state index contributed by atoms with van der Waals surface area (Å²) in [6, 6.07) is 12.0. The molecule has 1 atom stereocenters. The lowest BCUT2D eigenvalue weighted by molar-refractivity contribution is -0.0506. The zero-order valence-electron chi connectivity index (χ0n) is 10.8. The van der Waals surface area contributed by atoms with Crippen LogP contribution in [0, 0.1) is 5.82 Å². The molecular weight excluding hydrogens is 267 g/mol. The molecule has 0 aliphatic carbocycles. The molecule has 0 aromatic heterocycles. The first-order valence-corrected chi connectivity index (χ1v) is 6.09. The number of alkyl halides is 2. The van der Waals surface area contributed by atoms with Crippen LogP contribution in [-0.4, -0.2) is 13.7 Å². The highest BCUT2D eigenvalue weighted by atomic mass is 19.3. The van der Waals surface area contributed by atoms with Crippen molar-refractivity contribution in [1.82, 2.24) is 5.32 Å². The Hall–Kier alpha value is -2.01. The third-order valence-electron chi connectivity index (χ3n) is 2.95. The second-order valence-electron chi connectivity index (χ2n) is 4.16. The molecule has 0 aliphatic rings. The van der Waals surface area contributed by atoms with E-state index < -0.39 is 18.5 Å². The zero-order valence-corrected chi connectivity index (χ0v) is 10.8. The van der Waals surface area contributed by atoms with E-state index in [4.69, 9.17) is 0 Å². The fraction of sp³-hybridized carbons (Fsp3) is 0.200. The third-order valence-corrected chi connectivity index (χ3v) is 2.95. The average molecular weight is 281 g/mol. The van der Waals surface area contributed by atoms with Crippen molar-refractivity contribution in [3.05, 3.63) is 65.5 Å². The molecule has 2 aromatic rings. The van der Waals surface area contributed by atoms with E-state index in [9.17, 15) is 13.2 Å². The van der Waals surface area contributed by atoms with E-state index in [0.717, 1.165) is 0 Å². The minimum Gasteiger partial charge on any atom is -0.434 e. The van der Waals surface area contributed by atoms with Crippen LogP contribution in [0.15, 0.2) is 48.5 Å². The molecule has 0 heterocycles. The van der Waals surface area contributed by atoms with Gasteiger partial charge in [-0.1, -0.05) is 36.4 Å². The Kier molecular flexibility index (Phi) is 4.63. The molecule has 5 heteroatoms. The Bertz CT molecular complexity index is 575. The maximum Gasteiger partial charge on any atom is 0.387 e. The standard InChI is InChI=1S/C15H14F3NO/c1-19-14(10-6-2-4-8-12(10)16)11-7-3-5-9-13(11)20-15(17)18/h2-9,14-15,19H,1H3. The molecule has 0 aliphatic heterocycles. The summed E-state index contributed by atoms with van der Waals surface area (Å²) in [6.07, 6.45) is 0. The molecule has 1 N–H and O–H groups in total. The second kappa shape index (κ2) is 6.43. The topological polar surface area (TPSA) is 21.3 Å². The number of rotatable bonds is 5. The van der Waals surface area contributed by atoms with Crippen molar-refractivity contribution in [2.75, 3.05) is 7.05 Å². The molecule has 2 aromatic carbocycles. The van der Waals surface area contributed by atoms with Crippen LogP contribution < -0.4 is 10.1 Å². The summed E-state index contributed by atoms with van der Waals surface area (Å²) < 4.78 is 43.2. The maximum atomic E-state index is 13.9. The Morgan fingerprint density at radius 2 is 1.55 bits per heavy atom. The summed E-state index contributed by atoms with van der Waals surface area (Å²) in [5.74, 6) is -0.371. The lowest BCUT2D eigenvalue weighted by Crippen LogP contribution is -2.20. The van der Waals surface area contributed by atoms with Crippen molar-refractivity contribution < 1.29 is 17.9 Å². The van der Waals surface area contributed by atoms with Gasteiger partial charge in [-0.05, 0) is 19.2 Å². The first kappa shape index (κ1) is 14.4. The third kappa shape index (κ3) is 3.11. The number of benzene rings is 2. The van der Waals surface area contributed by atoms with Gasteiger partial charge in [0.25, 0.3) is 0 Å². The molecule has 20 heavy (non-hydrogen) atoms. The largest absolute Gasteiger partial charge is 0.434 e. The SMILES string of the molecule is CNC(c1ccccc1F)c1ccccc1OC(F)F. The quantitative estimate of drug-likeness (QED) is 0.901. The molecule has 106 valence electrons. The average Bonchev–Trinajstić information content (AvgIpc) is 2.43. The van der Waals surface area contributed by atoms with Crippen LogP contribution >= 0.6 is 0 Å². The van der Waals surface area contributed by atoms with Crippen molar-refractivity contribution in [2.45, 2.75) is 12.7 Å². The van der Waals surface area contributed by atoms with E-state index in [1.165, 1.54) is 12.1 Å². The summed E-state index contributed by atoms with van der Waals surface area (Å²) in [7, 11) is 1.64. The molecule has 2 nitrogen and oxygen atoms in total. The Morgan fingerprint density at radius 3 is 2.15 bits per heavy atom. The fourth-order valence-corrected chi connectivity index (χ4v) is 2.11. The number of hydrogen-bond donors (Lipinski definition) is 1. The molecule has 0 spiro atoms. The van der Waals surface area contributed by atoms with Gasteiger partial charge >= 0.3 is 6.61 Å². The molecule has 0 saturated carbocycles. The minimum absolute atomic E-state index is 0.0325. The van der Waals surface area contributed by atoms with E-state index >= 15 is 0 Å². The highest BCUT2D eigenvalue weighted by Crippen LogP contribution is 2.31. The maximum absolute atomic E-state index is 13.9. The predicted octanol–water partition coefficient (Wildman–Crippen LogP) is 3.74. The van der Waals surface area contributed by atoms with Gasteiger partial charge in [-0.25, -0.2) is 4.39 Å². The molecule has 0 radical (unpaired) electrons. The molecule has 0 amide bonds. The summed E-state index contributed by atoms with van der Waals surface area (Å²) in [5.41, 5.74) is 0.834. The van der Waals surface area contributed by atoms with Gasteiger partial charge < -0.3 is 10.1 Å². The molecule has 0 saturated heterocycles. The van der Waals surface area contributed by atoms with Gasteiger partial charge in [0.05, 0.1) is 6.04 Å². The summed E-state index contributed by atoms with van der Waals surface area (Å²) in [5, 5.41) is 2.92.